The van der Waals surface area contributed by atoms with Gasteiger partial charge < -0.3 is 25.0 Å². The molecule has 7 nitrogen and oxygen atoms in total. The first-order chi connectivity index (χ1) is 13.1. The normalized spacial score (nSPS) is 13.4. The van der Waals surface area contributed by atoms with Gasteiger partial charge in [-0.25, -0.2) is 0 Å². The van der Waals surface area contributed by atoms with Crippen LogP contribution in [-0.4, -0.2) is 64.2 Å². The van der Waals surface area contributed by atoms with E-state index in [0.717, 1.165) is 56.2 Å². The lowest BCUT2D eigenvalue weighted by molar-refractivity contribution is -0.121. The van der Waals surface area contributed by atoms with Crippen LogP contribution >= 0.6 is 24.0 Å². The van der Waals surface area contributed by atoms with Gasteiger partial charge in [0.2, 0.25) is 5.91 Å². The van der Waals surface area contributed by atoms with Crippen molar-refractivity contribution in [2.24, 2.45) is 4.99 Å². The second-order valence-corrected chi connectivity index (χ2v) is 6.78. The Morgan fingerprint density at radius 3 is 2.57 bits per heavy atom. The number of nitrogens with one attached hydrogen (secondary N) is 2. The largest absolute Gasteiger partial charge is 0.493 e. The summed E-state index contributed by atoms with van der Waals surface area (Å²) in [5, 5.41) is 6.33. The third kappa shape index (κ3) is 8.12. The number of carbonyl (C=O) groups is 1. The van der Waals surface area contributed by atoms with E-state index in [1.165, 1.54) is 5.56 Å². The molecule has 1 fully saturated rings. The first-order valence-electron chi connectivity index (χ1n) is 9.49. The number of nitrogens with zero attached hydrogens (tertiary/aromatic N) is 2. The van der Waals surface area contributed by atoms with E-state index in [9.17, 15) is 4.79 Å². The fourth-order valence-electron chi connectivity index (χ4n) is 2.80. The highest BCUT2D eigenvalue weighted by Gasteiger charge is 2.22. The fourth-order valence-corrected chi connectivity index (χ4v) is 2.80. The van der Waals surface area contributed by atoms with Crippen LogP contribution in [0.1, 0.15) is 31.2 Å². The van der Waals surface area contributed by atoms with Gasteiger partial charge in [0, 0.05) is 39.6 Å². The van der Waals surface area contributed by atoms with Crippen LogP contribution < -0.4 is 20.1 Å². The lowest BCUT2D eigenvalue weighted by atomic mass is 10.1. The summed E-state index contributed by atoms with van der Waals surface area (Å²) < 4.78 is 10.6. The highest BCUT2D eigenvalue weighted by Crippen LogP contribution is 2.27. The maximum Gasteiger partial charge on any atom is 0.220 e. The van der Waals surface area contributed by atoms with E-state index in [1.54, 1.807) is 21.3 Å². The number of likely N-dealkylation sites (N-methyl/N-ethyl adjacent to an activating group) is 1. The molecule has 1 saturated carbocycles. The number of hydrogen-bond acceptors (Lipinski definition) is 4. The molecule has 0 radical (unpaired) electrons. The third-order valence-electron chi connectivity index (χ3n) is 4.56. The van der Waals surface area contributed by atoms with Crippen molar-refractivity contribution >= 4 is 35.8 Å². The van der Waals surface area contributed by atoms with Crippen molar-refractivity contribution in [2.75, 3.05) is 41.4 Å². The monoisotopic (exact) mass is 504 g/mol. The SMILES string of the molecule is CN=C(NCCCC(=O)NC1CC1)N(C)CCc1ccc(OC)c(OC)c1.I. The smallest absolute Gasteiger partial charge is 0.220 e. The lowest BCUT2D eigenvalue weighted by Crippen LogP contribution is -2.40. The van der Waals surface area contributed by atoms with Crippen LogP contribution in [0.4, 0.5) is 0 Å². The summed E-state index contributed by atoms with van der Waals surface area (Å²) in [6.07, 6.45) is 4.46. The minimum atomic E-state index is 0. The molecule has 0 spiro atoms. The number of aliphatic imine (C=N–C) groups is 1. The highest BCUT2D eigenvalue weighted by molar-refractivity contribution is 14.0. The van der Waals surface area contributed by atoms with Crippen LogP contribution in [0.15, 0.2) is 23.2 Å². The number of rotatable bonds is 10. The Labute approximate surface area is 185 Å². The second-order valence-electron chi connectivity index (χ2n) is 6.78. The molecule has 28 heavy (non-hydrogen) atoms. The molecule has 0 atom stereocenters. The summed E-state index contributed by atoms with van der Waals surface area (Å²) in [6.45, 7) is 1.54. The summed E-state index contributed by atoms with van der Waals surface area (Å²) in [5.41, 5.74) is 1.17. The van der Waals surface area contributed by atoms with Gasteiger partial charge in [0.25, 0.3) is 0 Å². The first-order valence-corrected chi connectivity index (χ1v) is 9.49. The predicted octanol–water partition coefficient (Wildman–Crippen LogP) is 2.43. The minimum Gasteiger partial charge on any atom is -0.493 e. The number of halogens is 1. The number of ether oxygens (including phenoxy) is 2. The van der Waals surface area contributed by atoms with Crippen molar-refractivity contribution in [2.45, 2.75) is 38.1 Å². The summed E-state index contributed by atoms with van der Waals surface area (Å²) in [6, 6.07) is 6.40. The topological polar surface area (TPSA) is 75.2 Å². The van der Waals surface area contributed by atoms with E-state index in [0.29, 0.717) is 12.5 Å². The molecule has 1 aliphatic carbocycles. The van der Waals surface area contributed by atoms with Crippen LogP contribution in [0.5, 0.6) is 11.5 Å². The van der Waals surface area contributed by atoms with Crippen molar-refractivity contribution in [1.29, 1.82) is 0 Å². The molecule has 0 unspecified atom stereocenters. The molecule has 1 aliphatic rings. The zero-order valence-electron chi connectivity index (χ0n) is 17.3. The summed E-state index contributed by atoms with van der Waals surface area (Å²) >= 11 is 0. The molecule has 0 saturated heterocycles. The number of carbonyl (C=O) groups excluding carboxylic acids is 1. The Morgan fingerprint density at radius 1 is 1.25 bits per heavy atom. The summed E-state index contributed by atoms with van der Waals surface area (Å²) in [4.78, 5) is 18.1. The minimum absolute atomic E-state index is 0. The number of methoxy groups -OCH3 is 2. The maximum atomic E-state index is 11.7. The van der Waals surface area contributed by atoms with Gasteiger partial charge in [0.1, 0.15) is 0 Å². The molecule has 0 aliphatic heterocycles. The second kappa shape index (κ2) is 12.7. The van der Waals surface area contributed by atoms with E-state index in [2.05, 4.69) is 20.5 Å². The van der Waals surface area contributed by atoms with Crippen LogP contribution in [0.3, 0.4) is 0 Å². The van der Waals surface area contributed by atoms with Gasteiger partial charge in [0.15, 0.2) is 17.5 Å². The zero-order valence-corrected chi connectivity index (χ0v) is 19.6. The average molecular weight is 504 g/mol. The van der Waals surface area contributed by atoms with Crippen molar-refractivity contribution in [3.8, 4) is 11.5 Å². The number of amides is 1. The van der Waals surface area contributed by atoms with Gasteiger partial charge in [-0.15, -0.1) is 24.0 Å². The van der Waals surface area contributed by atoms with E-state index in [1.807, 2.05) is 25.2 Å². The third-order valence-corrected chi connectivity index (χ3v) is 4.56. The molecule has 2 N–H and O–H groups in total. The Balaban J connectivity index is 0.00000392. The average Bonchev–Trinajstić information content (AvgIpc) is 3.49. The molecule has 0 aromatic heterocycles. The summed E-state index contributed by atoms with van der Waals surface area (Å²) in [5.74, 6) is 2.46. The van der Waals surface area contributed by atoms with E-state index >= 15 is 0 Å². The quantitative estimate of drug-likeness (QED) is 0.222. The van der Waals surface area contributed by atoms with Gasteiger partial charge in [-0.3, -0.25) is 9.79 Å². The van der Waals surface area contributed by atoms with Crippen molar-refractivity contribution in [3.05, 3.63) is 23.8 Å². The van der Waals surface area contributed by atoms with Gasteiger partial charge in [-0.1, -0.05) is 6.07 Å². The molecule has 2 rings (SSSR count). The molecular formula is C20H33IN4O3. The van der Waals surface area contributed by atoms with Crippen LogP contribution in [0, 0.1) is 0 Å². The molecule has 0 bridgehead atoms. The van der Waals surface area contributed by atoms with Gasteiger partial charge >= 0.3 is 0 Å². The molecular weight excluding hydrogens is 471 g/mol. The van der Waals surface area contributed by atoms with Crippen molar-refractivity contribution in [3.63, 3.8) is 0 Å². The van der Waals surface area contributed by atoms with Crippen molar-refractivity contribution in [1.82, 2.24) is 15.5 Å². The van der Waals surface area contributed by atoms with E-state index in [-0.39, 0.29) is 29.9 Å². The van der Waals surface area contributed by atoms with Gasteiger partial charge in [0.05, 0.1) is 14.2 Å². The predicted molar refractivity (Wildman–Crippen MR) is 123 cm³/mol. The molecule has 0 heterocycles. The van der Waals surface area contributed by atoms with Crippen LogP contribution in [-0.2, 0) is 11.2 Å². The molecule has 1 aromatic carbocycles. The standard InChI is InChI=1S/C20H32N4O3.HI/c1-21-20(22-12-5-6-19(25)23-16-8-9-16)24(2)13-11-15-7-10-17(26-3)18(14-15)27-4;/h7,10,14,16H,5-6,8-9,11-13H2,1-4H3,(H,21,22)(H,23,25);1H. The molecule has 1 aromatic rings. The Hall–Kier alpha value is -1.71. The fraction of sp³-hybridized carbons (Fsp3) is 0.600. The highest BCUT2D eigenvalue weighted by atomic mass is 127. The lowest BCUT2D eigenvalue weighted by Gasteiger charge is -2.22. The van der Waals surface area contributed by atoms with Crippen molar-refractivity contribution < 1.29 is 14.3 Å². The Bertz CT molecular complexity index is 650. The number of benzene rings is 1. The Kier molecular flexibility index (Phi) is 11.0. The summed E-state index contributed by atoms with van der Waals surface area (Å²) in [7, 11) is 7.06. The maximum absolute atomic E-state index is 11.7. The van der Waals surface area contributed by atoms with Crippen LogP contribution in [0.25, 0.3) is 0 Å². The molecule has 1 amide bonds. The number of hydrogen-bond donors (Lipinski definition) is 2. The zero-order chi connectivity index (χ0) is 19.6. The molecule has 8 heteroatoms. The first kappa shape index (κ1) is 24.3. The van der Waals surface area contributed by atoms with Crippen LogP contribution in [0.2, 0.25) is 0 Å². The van der Waals surface area contributed by atoms with Gasteiger partial charge in [-0.2, -0.15) is 0 Å². The number of guanidine groups is 1. The van der Waals surface area contributed by atoms with E-state index in [4.69, 9.17) is 9.47 Å². The molecule has 158 valence electrons. The Morgan fingerprint density at radius 2 is 1.96 bits per heavy atom. The van der Waals surface area contributed by atoms with Gasteiger partial charge in [-0.05, 0) is 43.4 Å². The van der Waals surface area contributed by atoms with E-state index < -0.39 is 0 Å².